The molecule has 0 fully saturated rings. The van der Waals surface area contributed by atoms with E-state index in [4.69, 9.17) is 11.5 Å². The molecule has 1 aromatic carbocycles. The zero-order chi connectivity index (χ0) is 13.4. The molecule has 0 aliphatic heterocycles. The number of hydrogen-bond acceptors (Lipinski definition) is 4. The number of carbonyl (C=O) groups is 2. The Labute approximate surface area is 111 Å². The molecule has 5 nitrogen and oxygen atoms in total. The van der Waals surface area contributed by atoms with E-state index in [1.807, 2.05) is 30.3 Å². The van der Waals surface area contributed by atoms with Crippen LogP contribution in [0.3, 0.4) is 0 Å². The molecule has 4 N–H and O–H groups in total. The van der Waals surface area contributed by atoms with Gasteiger partial charge in [-0.3, -0.25) is 14.5 Å². The molecule has 0 aromatic heterocycles. The van der Waals surface area contributed by atoms with Crippen molar-refractivity contribution in [2.75, 3.05) is 25.4 Å². The summed E-state index contributed by atoms with van der Waals surface area (Å²) in [4.78, 5) is 24.5. The average Bonchev–Trinajstić information content (AvgIpc) is 2.28. The molecule has 1 rings (SSSR count). The molecule has 0 aliphatic rings. The molecule has 6 heteroatoms. The number of benzene rings is 1. The van der Waals surface area contributed by atoms with E-state index < -0.39 is 11.8 Å². The van der Waals surface area contributed by atoms with Crippen molar-refractivity contribution in [3.8, 4) is 0 Å². The molecule has 0 aliphatic carbocycles. The molecular weight excluding hydrogens is 250 g/mol. The van der Waals surface area contributed by atoms with Crippen LogP contribution >= 0.6 is 11.8 Å². The lowest BCUT2D eigenvalue weighted by molar-refractivity contribution is -0.121. The summed E-state index contributed by atoms with van der Waals surface area (Å²) in [5.74, 6) is -0.146. The van der Waals surface area contributed by atoms with E-state index in [0.29, 0.717) is 6.54 Å². The standard InChI is InChI=1S/C12H17N3O2S/c13-11(16)8-15(9-12(14)17)6-7-18-10-4-2-1-3-5-10/h1-5H,6-9H2,(H2,13,16)(H2,14,17). The highest BCUT2D eigenvalue weighted by Gasteiger charge is 2.10. The maximum atomic E-state index is 10.8. The zero-order valence-electron chi connectivity index (χ0n) is 10.0. The van der Waals surface area contributed by atoms with Gasteiger partial charge in [-0.1, -0.05) is 18.2 Å². The van der Waals surface area contributed by atoms with Crippen LogP contribution in [0.25, 0.3) is 0 Å². The molecule has 2 amide bonds. The Bertz CT molecular complexity index is 382. The maximum Gasteiger partial charge on any atom is 0.231 e. The van der Waals surface area contributed by atoms with Gasteiger partial charge < -0.3 is 11.5 Å². The highest BCUT2D eigenvalue weighted by molar-refractivity contribution is 7.99. The van der Waals surface area contributed by atoms with E-state index in [2.05, 4.69) is 0 Å². The van der Waals surface area contributed by atoms with Crippen molar-refractivity contribution < 1.29 is 9.59 Å². The van der Waals surface area contributed by atoms with Gasteiger partial charge in [0.05, 0.1) is 13.1 Å². The van der Waals surface area contributed by atoms with Crippen molar-refractivity contribution in [3.63, 3.8) is 0 Å². The van der Waals surface area contributed by atoms with Gasteiger partial charge in [0.1, 0.15) is 0 Å². The first kappa shape index (κ1) is 14.5. The second kappa shape index (κ2) is 7.73. The molecule has 0 heterocycles. The largest absolute Gasteiger partial charge is 0.369 e. The Morgan fingerprint density at radius 2 is 1.61 bits per heavy atom. The summed E-state index contributed by atoms with van der Waals surface area (Å²) in [5, 5.41) is 0. The number of thioether (sulfide) groups is 1. The van der Waals surface area contributed by atoms with Gasteiger partial charge in [-0.15, -0.1) is 11.8 Å². The fourth-order valence-corrected chi connectivity index (χ4v) is 2.40. The van der Waals surface area contributed by atoms with Crippen LogP contribution < -0.4 is 11.5 Å². The minimum Gasteiger partial charge on any atom is -0.369 e. The number of carbonyl (C=O) groups excluding carboxylic acids is 2. The van der Waals surface area contributed by atoms with E-state index in [9.17, 15) is 9.59 Å². The number of nitrogens with zero attached hydrogens (tertiary/aromatic N) is 1. The summed E-state index contributed by atoms with van der Waals surface area (Å²) < 4.78 is 0. The number of nitrogens with two attached hydrogens (primary N) is 2. The maximum absolute atomic E-state index is 10.8. The van der Waals surface area contributed by atoms with Crippen LogP contribution in [0.1, 0.15) is 0 Å². The van der Waals surface area contributed by atoms with Crippen LogP contribution in [-0.4, -0.2) is 42.1 Å². The second-order valence-electron chi connectivity index (χ2n) is 3.80. The van der Waals surface area contributed by atoms with Gasteiger partial charge in [-0.25, -0.2) is 0 Å². The minimum absolute atomic E-state index is 0.0539. The van der Waals surface area contributed by atoms with Crippen LogP contribution in [0, 0.1) is 0 Å². The summed E-state index contributed by atoms with van der Waals surface area (Å²) in [5.41, 5.74) is 10.2. The molecule has 0 saturated carbocycles. The third-order valence-electron chi connectivity index (χ3n) is 2.18. The van der Waals surface area contributed by atoms with Gasteiger partial charge in [0, 0.05) is 17.2 Å². The highest BCUT2D eigenvalue weighted by Crippen LogP contribution is 2.16. The van der Waals surface area contributed by atoms with Crippen molar-refractivity contribution in [2.24, 2.45) is 11.5 Å². The zero-order valence-corrected chi connectivity index (χ0v) is 10.9. The van der Waals surface area contributed by atoms with E-state index in [1.165, 1.54) is 0 Å². The van der Waals surface area contributed by atoms with Crippen LogP contribution in [0.15, 0.2) is 35.2 Å². The smallest absolute Gasteiger partial charge is 0.231 e. The topological polar surface area (TPSA) is 89.4 Å². The van der Waals surface area contributed by atoms with Crippen LogP contribution in [-0.2, 0) is 9.59 Å². The molecule has 98 valence electrons. The Kier molecular flexibility index (Phi) is 6.24. The molecule has 0 atom stereocenters. The predicted molar refractivity (Wildman–Crippen MR) is 72.0 cm³/mol. The third kappa shape index (κ3) is 6.27. The van der Waals surface area contributed by atoms with Gasteiger partial charge in [0.25, 0.3) is 0 Å². The molecule has 0 radical (unpaired) electrons. The second-order valence-corrected chi connectivity index (χ2v) is 4.97. The lowest BCUT2D eigenvalue weighted by Crippen LogP contribution is -2.40. The van der Waals surface area contributed by atoms with Crippen molar-refractivity contribution in [3.05, 3.63) is 30.3 Å². The van der Waals surface area contributed by atoms with Crippen molar-refractivity contribution in [1.29, 1.82) is 0 Å². The summed E-state index contributed by atoms with van der Waals surface area (Å²) in [6, 6.07) is 9.91. The first-order valence-corrected chi connectivity index (χ1v) is 6.53. The normalized spacial score (nSPS) is 10.5. The molecule has 0 unspecified atom stereocenters. The lowest BCUT2D eigenvalue weighted by atomic mass is 10.4. The summed E-state index contributed by atoms with van der Waals surface area (Å²) in [6.07, 6.45) is 0. The van der Waals surface area contributed by atoms with Crippen molar-refractivity contribution >= 4 is 23.6 Å². The molecule has 0 spiro atoms. The first-order chi connectivity index (χ1) is 8.58. The number of hydrogen-bond donors (Lipinski definition) is 2. The highest BCUT2D eigenvalue weighted by atomic mass is 32.2. The van der Waals surface area contributed by atoms with Crippen LogP contribution in [0.4, 0.5) is 0 Å². The molecule has 0 bridgehead atoms. The summed E-state index contributed by atoms with van der Waals surface area (Å²) in [6.45, 7) is 0.696. The number of primary amides is 2. The Hall–Kier alpha value is -1.53. The van der Waals surface area contributed by atoms with Gasteiger partial charge in [-0.2, -0.15) is 0 Å². The Morgan fingerprint density at radius 1 is 1.06 bits per heavy atom. The van der Waals surface area contributed by atoms with Crippen molar-refractivity contribution in [2.45, 2.75) is 4.90 Å². The lowest BCUT2D eigenvalue weighted by Gasteiger charge is -2.18. The summed E-state index contributed by atoms with van der Waals surface area (Å²) in [7, 11) is 0. The fourth-order valence-electron chi connectivity index (χ4n) is 1.46. The summed E-state index contributed by atoms with van der Waals surface area (Å²) >= 11 is 1.66. The number of rotatable bonds is 8. The third-order valence-corrected chi connectivity index (χ3v) is 3.17. The molecule has 18 heavy (non-hydrogen) atoms. The molecule has 0 saturated heterocycles. The van der Waals surface area contributed by atoms with E-state index in [1.54, 1.807) is 16.7 Å². The number of amides is 2. The monoisotopic (exact) mass is 267 g/mol. The Balaban J connectivity index is 2.37. The van der Waals surface area contributed by atoms with E-state index in [-0.39, 0.29) is 13.1 Å². The SMILES string of the molecule is NC(=O)CN(CCSc1ccccc1)CC(N)=O. The van der Waals surface area contributed by atoms with E-state index >= 15 is 0 Å². The first-order valence-electron chi connectivity index (χ1n) is 5.54. The predicted octanol–water partition coefficient (Wildman–Crippen LogP) is 0.0513. The Morgan fingerprint density at radius 3 is 2.11 bits per heavy atom. The fraction of sp³-hybridized carbons (Fsp3) is 0.333. The van der Waals surface area contributed by atoms with Gasteiger partial charge >= 0.3 is 0 Å². The quantitative estimate of drug-likeness (QED) is 0.651. The van der Waals surface area contributed by atoms with Crippen molar-refractivity contribution in [1.82, 2.24) is 4.90 Å². The van der Waals surface area contributed by atoms with Gasteiger partial charge in [0.2, 0.25) is 11.8 Å². The van der Waals surface area contributed by atoms with Gasteiger partial charge in [-0.05, 0) is 12.1 Å². The van der Waals surface area contributed by atoms with E-state index in [0.717, 1.165) is 10.6 Å². The van der Waals surface area contributed by atoms with Gasteiger partial charge in [0.15, 0.2) is 0 Å². The van der Waals surface area contributed by atoms with Crippen LogP contribution in [0.5, 0.6) is 0 Å². The minimum atomic E-state index is -0.457. The molecule has 1 aromatic rings. The molecular formula is C12H17N3O2S. The van der Waals surface area contributed by atoms with Crippen LogP contribution in [0.2, 0.25) is 0 Å². The average molecular weight is 267 g/mol.